The SMILES string of the molecule is CC(C)=CCCC(C)=CCCC(C)=CCc1c(O)cc2c(c1OS(=O)(=O)[O-])C[NH+]1CCCCNC21. The summed E-state index contributed by atoms with van der Waals surface area (Å²) in [6.07, 6.45) is 12.8. The van der Waals surface area contributed by atoms with Crippen molar-refractivity contribution in [2.45, 2.75) is 85.4 Å². The Labute approximate surface area is 210 Å². The second kappa shape index (κ2) is 12.2. The average molecular weight is 505 g/mol. The molecule has 0 aromatic heterocycles. The molecule has 0 amide bonds. The number of hydrogen-bond acceptors (Lipinski definition) is 6. The summed E-state index contributed by atoms with van der Waals surface area (Å²) < 4.78 is 39.7. The van der Waals surface area contributed by atoms with Crippen molar-refractivity contribution in [1.82, 2.24) is 5.32 Å². The lowest BCUT2D eigenvalue weighted by atomic mass is 9.98. The van der Waals surface area contributed by atoms with E-state index in [9.17, 15) is 18.1 Å². The molecule has 35 heavy (non-hydrogen) atoms. The van der Waals surface area contributed by atoms with Crippen LogP contribution in [0.5, 0.6) is 11.5 Å². The van der Waals surface area contributed by atoms with E-state index >= 15 is 0 Å². The summed E-state index contributed by atoms with van der Waals surface area (Å²) >= 11 is 0. The van der Waals surface area contributed by atoms with Crippen LogP contribution in [-0.4, -0.2) is 31.2 Å². The van der Waals surface area contributed by atoms with Crippen molar-refractivity contribution >= 4 is 10.4 Å². The van der Waals surface area contributed by atoms with E-state index < -0.39 is 10.4 Å². The second-order valence-electron chi connectivity index (χ2n) is 10.1. The van der Waals surface area contributed by atoms with Gasteiger partial charge in [-0.3, -0.25) is 5.32 Å². The number of nitrogens with one attached hydrogen (secondary N) is 2. The molecule has 0 spiro atoms. The lowest BCUT2D eigenvalue weighted by Crippen LogP contribution is -3.10. The molecule has 0 saturated carbocycles. The Morgan fingerprint density at radius 1 is 1.14 bits per heavy atom. The summed E-state index contributed by atoms with van der Waals surface area (Å²) in [6.45, 7) is 10.8. The first-order chi connectivity index (χ1) is 16.5. The molecule has 1 fully saturated rings. The Morgan fingerprint density at radius 2 is 1.83 bits per heavy atom. The first kappa shape index (κ1) is 27.5. The number of phenolic OH excluding ortho intramolecular Hbond substituents is 1. The van der Waals surface area contributed by atoms with Crippen LogP contribution in [0.2, 0.25) is 0 Å². The molecule has 2 atom stereocenters. The van der Waals surface area contributed by atoms with Crippen molar-refractivity contribution in [1.29, 1.82) is 0 Å². The van der Waals surface area contributed by atoms with Crippen LogP contribution in [-0.2, 0) is 23.4 Å². The summed E-state index contributed by atoms with van der Waals surface area (Å²) in [7, 11) is -4.98. The van der Waals surface area contributed by atoms with Gasteiger partial charge >= 0.3 is 0 Å². The van der Waals surface area contributed by atoms with Crippen LogP contribution in [0, 0.1) is 0 Å². The van der Waals surface area contributed by atoms with Crippen LogP contribution in [0.4, 0.5) is 0 Å². The number of rotatable bonds is 10. The summed E-state index contributed by atoms with van der Waals surface area (Å²) in [6, 6.07) is 1.71. The Kier molecular flexibility index (Phi) is 9.58. The van der Waals surface area contributed by atoms with Crippen molar-refractivity contribution in [2.24, 2.45) is 0 Å². The van der Waals surface area contributed by atoms with Crippen molar-refractivity contribution in [2.75, 3.05) is 13.1 Å². The topological polar surface area (TPSA) is 103 Å². The third-order valence-electron chi connectivity index (χ3n) is 6.86. The van der Waals surface area contributed by atoms with Gasteiger partial charge in [0.1, 0.15) is 12.3 Å². The van der Waals surface area contributed by atoms with Gasteiger partial charge in [-0.15, -0.1) is 0 Å². The molecule has 7 nitrogen and oxygen atoms in total. The van der Waals surface area contributed by atoms with Gasteiger partial charge in [-0.2, -0.15) is 0 Å². The molecule has 2 unspecified atom stereocenters. The van der Waals surface area contributed by atoms with Crippen LogP contribution < -0.4 is 14.4 Å². The Hall–Kier alpha value is -2.13. The molecule has 2 aliphatic heterocycles. The zero-order valence-corrected chi connectivity index (χ0v) is 22.3. The fourth-order valence-corrected chi connectivity index (χ4v) is 5.37. The Balaban J connectivity index is 1.76. The van der Waals surface area contributed by atoms with Crippen LogP contribution >= 0.6 is 0 Å². The predicted octanol–water partition coefficient (Wildman–Crippen LogP) is 3.97. The molecule has 3 rings (SSSR count). The molecule has 8 heteroatoms. The third-order valence-corrected chi connectivity index (χ3v) is 7.23. The number of hydrogen-bond donors (Lipinski definition) is 3. The van der Waals surface area contributed by atoms with Crippen LogP contribution in [0.3, 0.4) is 0 Å². The van der Waals surface area contributed by atoms with Crippen molar-refractivity contribution in [3.63, 3.8) is 0 Å². The van der Waals surface area contributed by atoms with Crippen molar-refractivity contribution in [3.05, 3.63) is 57.7 Å². The molecular weight excluding hydrogens is 464 g/mol. The number of phenols is 1. The Bertz CT molecular complexity index is 1100. The fraction of sp³-hybridized carbons (Fsp3) is 0.556. The van der Waals surface area contributed by atoms with Gasteiger partial charge in [0, 0.05) is 17.7 Å². The number of quaternary nitrogens is 1. The molecule has 1 aromatic rings. The average Bonchev–Trinajstić information content (AvgIpc) is 2.93. The highest BCUT2D eigenvalue weighted by Gasteiger charge is 2.39. The summed E-state index contributed by atoms with van der Waals surface area (Å²) in [5.74, 6) is -0.0230. The molecule has 194 valence electrons. The molecule has 2 aliphatic rings. The maximum atomic E-state index is 11.6. The predicted molar refractivity (Wildman–Crippen MR) is 137 cm³/mol. The van der Waals surface area contributed by atoms with Crippen LogP contribution in [0.25, 0.3) is 0 Å². The van der Waals surface area contributed by atoms with Crippen molar-refractivity contribution < 1.29 is 27.2 Å². The van der Waals surface area contributed by atoms with Gasteiger partial charge in [0.2, 0.25) is 0 Å². The zero-order chi connectivity index (χ0) is 25.6. The summed E-state index contributed by atoms with van der Waals surface area (Å²) in [4.78, 5) is 1.25. The maximum absolute atomic E-state index is 11.6. The Morgan fingerprint density at radius 3 is 2.51 bits per heavy atom. The van der Waals surface area contributed by atoms with Gasteiger partial charge in [-0.1, -0.05) is 34.9 Å². The van der Waals surface area contributed by atoms with Gasteiger partial charge in [-0.05, 0) is 78.7 Å². The van der Waals surface area contributed by atoms with E-state index in [-0.39, 0.29) is 17.7 Å². The highest BCUT2D eigenvalue weighted by Crippen LogP contribution is 2.40. The minimum absolute atomic E-state index is 0.0106. The number of allylic oxidation sites excluding steroid dienone is 6. The maximum Gasteiger partial charge on any atom is 0.262 e. The van der Waals surface area contributed by atoms with E-state index in [4.69, 9.17) is 4.18 Å². The van der Waals surface area contributed by atoms with Crippen LogP contribution in [0.1, 0.15) is 89.1 Å². The van der Waals surface area contributed by atoms with E-state index in [1.54, 1.807) is 6.07 Å². The summed E-state index contributed by atoms with van der Waals surface area (Å²) in [5.41, 5.74) is 5.71. The fourth-order valence-electron chi connectivity index (χ4n) is 4.97. The minimum Gasteiger partial charge on any atom is -0.716 e. The lowest BCUT2D eigenvalue weighted by molar-refractivity contribution is -0.940. The quantitative estimate of drug-likeness (QED) is 0.253. The molecule has 0 bridgehead atoms. The number of benzene rings is 1. The molecule has 0 aliphatic carbocycles. The van der Waals surface area contributed by atoms with E-state index in [1.807, 2.05) is 13.0 Å². The molecule has 0 radical (unpaired) electrons. The van der Waals surface area contributed by atoms with E-state index in [1.165, 1.54) is 16.0 Å². The molecule has 3 N–H and O–H groups in total. The van der Waals surface area contributed by atoms with E-state index in [0.29, 0.717) is 24.1 Å². The molecular formula is C27H40N2O5S. The van der Waals surface area contributed by atoms with Gasteiger partial charge < -0.3 is 18.7 Å². The number of aromatic hydroxyl groups is 1. The van der Waals surface area contributed by atoms with Gasteiger partial charge in [0.15, 0.2) is 11.9 Å². The summed E-state index contributed by atoms with van der Waals surface area (Å²) in [5, 5.41) is 14.3. The number of fused-ring (bicyclic) bond motifs is 3. The second-order valence-corrected chi connectivity index (χ2v) is 11.1. The smallest absolute Gasteiger partial charge is 0.262 e. The highest BCUT2D eigenvalue weighted by atomic mass is 32.3. The van der Waals surface area contributed by atoms with E-state index in [0.717, 1.165) is 62.8 Å². The van der Waals surface area contributed by atoms with Gasteiger partial charge in [0.25, 0.3) is 10.4 Å². The third kappa shape index (κ3) is 7.93. The highest BCUT2D eigenvalue weighted by molar-refractivity contribution is 7.81. The lowest BCUT2D eigenvalue weighted by Gasteiger charge is -2.19. The normalized spacial score (nSPS) is 20.7. The monoisotopic (exact) mass is 504 g/mol. The minimum atomic E-state index is -4.98. The molecule has 1 aromatic carbocycles. The largest absolute Gasteiger partial charge is 0.716 e. The molecule has 2 heterocycles. The van der Waals surface area contributed by atoms with Crippen molar-refractivity contribution in [3.8, 4) is 11.5 Å². The standard InChI is InChI=1S/C27H40N2O5S/c1-19(2)9-7-10-20(3)11-8-12-21(4)13-14-22-25(30)17-23-24(26(22)34-35(31,32)33)18-29-16-6-5-15-28-27(23)29/h9,11,13,17,27-28,30H,5-8,10,12,14-16,18H2,1-4H3,(H,31,32,33). The first-order valence-electron chi connectivity index (χ1n) is 12.6. The first-order valence-corrected chi connectivity index (χ1v) is 13.9. The molecule has 1 saturated heterocycles. The zero-order valence-electron chi connectivity index (χ0n) is 21.4. The van der Waals surface area contributed by atoms with Gasteiger partial charge in [0.05, 0.1) is 12.1 Å². The van der Waals surface area contributed by atoms with Crippen LogP contribution in [0.15, 0.2) is 41.0 Å². The van der Waals surface area contributed by atoms with Gasteiger partial charge in [-0.25, -0.2) is 8.42 Å². The van der Waals surface area contributed by atoms with E-state index in [2.05, 4.69) is 38.2 Å².